The van der Waals surface area contributed by atoms with Gasteiger partial charge in [-0.1, -0.05) is 13.3 Å². The van der Waals surface area contributed by atoms with E-state index in [0.29, 0.717) is 0 Å². The van der Waals surface area contributed by atoms with Gasteiger partial charge in [-0.3, -0.25) is 0 Å². The van der Waals surface area contributed by atoms with Gasteiger partial charge in [-0.15, -0.1) is 0 Å². The molecule has 47 valence electrons. The summed E-state index contributed by atoms with van der Waals surface area (Å²) in [5.41, 5.74) is 0. The molecule has 1 heteroatoms. The standard InChI is InChI=1S/C7H14N/c1-2-7-3-5-8-6-4-7/h7-8H,1-6H2. The molecule has 1 radical (unpaired) electrons. The fourth-order valence-corrected chi connectivity index (χ4v) is 1.17. The van der Waals surface area contributed by atoms with Gasteiger partial charge < -0.3 is 5.32 Å². The summed E-state index contributed by atoms with van der Waals surface area (Å²) in [5, 5.41) is 3.32. The van der Waals surface area contributed by atoms with Crippen LogP contribution in [0.2, 0.25) is 0 Å². The normalized spacial score (nSPS) is 23.6. The highest BCUT2D eigenvalue weighted by atomic mass is 14.9. The summed E-state index contributed by atoms with van der Waals surface area (Å²) in [5.74, 6) is 0.913. The van der Waals surface area contributed by atoms with Gasteiger partial charge in [0.1, 0.15) is 0 Å². The maximum absolute atomic E-state index is 3.88. The number of hydrogen-bond donors (Lipinski definition) is 1. The van der Waals surface area contributed by atoms with E-state index in [2.05, 4.69) is 12.2 Å². The van der Waals surface area contributed by atoms with Crippen molar-refractivity contribution in [3.05, 3.63) is 6.92 Å². The Morgan fingerprint density at radius 2 is 2.00 bits per heavy atom. The Balaban J connectivity index is 2.13. The molecule has 1 aliphatic heterocycles. The number of hydrogen-bond acceptors (Lipinski definition) is 1. The summed E-state index contributed by atoms with van der Waals surface area (Å²) in [4.78, 5) is 0. The molecule has 1 heterocycles. The van der Waals surface area contributed by atoms with Gasteiger partial charge in [0.25, 0.3) is 0 Å². The summed E-state index contributed by atoms with van der Waals surface area (Å²) in [6, 6.07) is 0. The highest BCUT2D eigenvalue weighted by Gasteiger charge is 2.08. The number of nitrogens with one attached hydrogen (secondary N) is 1. The predicted molar refractivity (Wildman–Crippen MR) is 35.6 cm³/mol. The molecular formula is C7H14N. The third kappa shape index (κ3) is 1.48. The third-order valence-electron chi connectivity index (χ3n) is 1.87. The van der Waals surface area contributed by atoms with Crippen LogP contribution in [-0.4, -0.2) is 13.1 Å². The molecule has 0 saturated carbocycles. The zero-order valence-corrected chi connectivity index (χ0v) is 5.32. The maximum atomic E-state index is 3.88. The molecule has 0 amide bonds. The summed E-state index contributed by atoms with van der Waals surface area (Å²) >= 11 is 0. The van der Waals surface area contributed by atoms with Gasteiger partial charge in [-0.2, -0.15) is 0 Å². The smallest absolute Gasteiger partial charge is 0.00463 e. The molecule has 1 rings (SSSR count). The number of piperidine rings is 1. The van der Waals surface area contributed by atoms with E-state index in [1.165, 1.54) is 25.9 Å². The Labute approximate surface area is 51.5 Å². The third-order valence-corrected chi connectivity index (χ3v) is 1.87. The fraction of sp³-hybridized carbons (Fsp3) is 0.857. The highest BCUT2D eigenvalue weighted by Crippen LogP contribution is 2.13. The molecule has 1 nitrogen and oxygen atoms in total. The molecule has 0 aromatic rings. The van der Waals surface area contributed by atoms with Crippen molar-refractivity contribution in [2.24, 2.45) is 5.92 Å². The molecule has 0 bridgehead atoms. The van der Waals surface area contributed by atoms with Crippen LogP contribution >= 0.6 is 0 Å². The van der Waals surface area contributed by atoms with Gasteiger partial charge in [-0.05, 0) is 31.8 Å². The Hall–Kier alpha value is -0.0400. The highest BCUT2D eigenvalue weighted by molar-refractivity contribution is 4.68. The van der Waals surface area contributed by atoms with Crippen LogP contribution in [0.1, 0.15) is 19.3 Å². The summed E-state index contributed by atoms with van der Waals surface area (Å²) < 4.78 is 0. The molecule has 0 spiro atoms. The van der Waals surface area contributed by atoms with Crippen molar-refractivity contribution in [3.63, 3.8) is 0 Å². The van der Waals surface area contributed by atoms with Crippen LogP contribution in [0.4, 0.5) is 0 Å². The minimum Gasteiger partial charge on any atom is -0.317 e. The maximum Gasteiger partial charge on any atom is -0.00463 e. The van der Waals surface area contributed by atoms with E-state index in [1.807, 2.05) is 0 Å². The first-order valence-electron chi connectivity index (χ1n) is 3.43. The topological polar surface area (TPSA) is 12.0 Å². The zero-order valence-electron chi connectivity index (χ0n) is 5.32. The molecular weight excluding hydrogens is 98.1 g/mol. The van der Waals surface area contributed by atoms with Crippen LogP contribution in [0.15, 0.2) is 0 Å². The molecule has 1 saturated heterocycles. The monoisotopic (exact) mass is 112 g/mol. The second kappa shape index (κ2) is 3.08. The van der Waals surface area contributed by atoms with E-state index >= 15 is 0 Å². The fourth-order valence-electron chi connectivity index (χ4n) is 1.17. The van der Waals surface area contributed by atoms with E-state index in [4.69, 9.17) is 0 Å². The van der Waals surface area contributed by atoms with Crippen molar-refractivity contribution >= 4 is 0 Å². The van der Waals surface area contributed by atoms with Crippen molar-refractivity contribution < 1.29 is 0 Å². The number of rotatable bonds is 1. The van der Waals surface area contributed by atoms with Crippen molar-refractivity contribution in [2.45, 2.75) is 19.3 Å². The lowest BCUT2D eigenvalue weighted by molar-refractivity contribution is 0.376. The van der Waals surface area contributed by atoms with Gasteiger partial charge in [0.15, 0.2) is 0 Å². The molecule has 0 aliphatic carbocycles. The van der Waals surface area contributed by atoms with E-state index in [1.54, 1.807) is 0 Å². The van der Waals surface area contributed by atoms with Gasteiger partial charge in [0, 0.05) is 0 Å². The van der Waals surface area contributed by atoms with Crippen LogP contribution in [0.5, 0.6) is 0 Å². The van der Waals surface area contributed by atoms with Gasteiger partial charge in [0.2, 0.25) is 0 Å². The molecule has 1 N–H and O–H groups in total. The first-order chi connectivity index (χ1) is 3.93. The molecule has 8 heavy (non-hydrogen) atoms. The van der Waals surface area contributed by atoms with Crippen LogP contribution < -0.4 is 5.32 Å². The van der Waals surface area contributed by atoms with Crippen LogP contribution in [0.25, 0.3) is 0 Å². The second-order valence-corrected chi connectivity index (χ2v) is 2.48. The van der Waals surface area contributed by atoms with Gasteiger partial charge in [0.05, 0.1) is 0 Å². The van der Waals surface area contributed by atoms with Crippen LogP contribution in [0, 0.1) is 12.8 Å². The molecule has 0 aromatic carbocycles. The Morgan fingerprint density at radius 1 is 1.38 bits per heavy atom. The van der Waals surface area contributed by atoms with Crippen molar-refractivity contribution in [2.75, 3.05) is 13.1 Å². The lowest BCUT2D eigenvalue weighted by Gasteiger charge is -2.20. The van der Waals surface area contributed by atoms with E-state index in [0.717, 1.165) is 12.3 Å². The molecule has 1 aliphatic rings. The van der Waals surface area contributed by atoms with Crippen LogP contribution in [0.3, 0.4) is 0 Å². The van der Waals surface area contributed by atoms with Crippen LogP contribution in [-0.2, 0) is 0 Å². The van der Waals surface area contributed by atoms with Crippen molar-refractivity contribution in [3.8, 4) is 0 Å². The SMILES string of the molecule is [CH2]CC1CCNCC1. The second-order valence-electron chi connectivity index (χ2n) is 2.48. The van der Waals surface area contributed by atoms with E-state index in [9.17, 15) is 0 Å². The Bertz CT molecular complexity index is 55.4. The molecule has 0 aromatic heterocycles. The van der Waals surface area contributed by atoms with Crippen molar-refractivity contribution in [1.82, 2.24) is 5.32 Å². The largest absolute Gasteiger partial charge is 0.317 e. The minimum atomic E-state index is 0.913. The molecule has 1 fully saturated rings. The molecule has 0 unspecified atom stereocenters. The average molecular weight is 112 g/mol. The quantitative estimate of drug-likeness (QED) is 0.537. The predicted octanol–water partition coefficient (Wildman–Crippen LogP) is 1.21. The lowest BCUT2D eigenvalue weighted by atomic mass is 9.96. The Kier molecular flexibility index (Phi) is 2.34. The summed E-state index contributed by atoms with van der Waals surface area (Å²) in [7, 11) is 0. The molecule has 0 atom stereocenters. The first kappa shape index (κ1) is 6.09. The van der Waals surface area contributed by atoms with E-state index in [-0.39, 0.29) is 0 Å². The Morgan fingerprint density at radius 3 is 2.38 bits per heavy atom. The van der Waals surface area contributed by atoms with Gasteiger partial charge in [-0.25, -0.2) is 0 Å². The summed E-state index contributed by atoms with van der Waals surface area (Å²) in [6.45, 7) is 6.30. The minimum absolute atomic E-state index is 0.913. The van der Waals surface area contributed by atoms with Gasteiger partial charge >= 0.3 is 0 Å². The zero-order chi connectivity index (χ0) is 5.82. The van der Waals surface area contributed by atoms with Crippen molar-refractivity contribution in [1.29, 1.82) is 0 Å². The average Bonchev–Trinajstić information content (AvgIpc) is 1.90. The van der Waals surface area contributed by atoms with E-state index < -0.39 is 0 Å². The lowest BCUT2D eigenvalue weighted by Crippen LogP contribution is -2.27. The summed E-state index contributed by atoms with van der Waals surface area (Å²) in [6.07, 6.45) is 3.80. The first-order valence-corrected chi connectivity index (χ1v) is 3.43.